The van der Waals surface area contributed by atoms with E-state index in [1.54, 1.807) is 20.9 Å². The highest BCUT2D eigenvalue weighted by atomic mass is 32.2. The van der Waals surface area contributed by atoms with Crippen LogP contribution in [0.25, 0.3) is 0 Å². The van der Waals surface area contributed by atoms with Gasteiger partial charge < -0.3 is 10.8 Å². The summed E-state index contributed by atoms with van der Waals surface area (Å²) in [4.78, 5) is 0.0234. The Balaban J connectivity index is 3.30. The van der Waals surface area contributed by atoms with E-state index in [2.05, 4.69) is 5.10 Å². The number of anilines is 1. The Bertz CT molecular complexity index is 495. The van der Waals surface area contributed by atoms with Crippen LogP contribution in [-0.2, 0) is 17.1 Å². The molecule has 0 aliphatic heterocycles. The molecule has 0 spiro atoms. The summed E-state index contributed by atoms with van der Waals surface area (Å²) in [6, 6.07) is 0. The van der Waals surface area contributed by atoms with Crippen LogP contribution in [0.3, 0.4) is 0 Å². The number of nitrogen functional groups attached to an aromatic ring is 1. The van der Waals surface area contributed by atoms with Crippen molar-refractivity contribution < 1.29 is 13.5 Å². The highest BCUT2D eigenvalue weighted by Crippen LogP contribution is 2.24. The normalized spacial score (nSPS) is 12.3. The zero-order chi connectivity index (χ0) is 13.2. The molecule has 0 amide bonds. The van der Waals surface area contributed by atoms with Crippen LogP contribution in [-0.4, -0.2) is 47.3 Å². The average Bonchev–Trinajstić information content (AvgIpc) is 2.49. The van der Waals surface area contributed by atoms with Crippen molar-refractivity contribution in [3.8, 4) is 0 Å². The van der Waals surface area contributed by atoms with Gasteiger partial charge in [-0.1, -0.05) is 6.92 Å². The fraction of sp³-hybridized carbons (Fsp3) is 0.667. The van der Waals surface area contributed by atoms with E-state index in [9.17, 15) is 8.42 Å². The van der Waals surface area contributed by atoms with Gasteiger partial charge in [0.15, 0.2) is 5.82 Å². The first-order valence-electron chi connectivity index (χ1n) is 5.26. The molecule has 8 heteroatoms. The zero-order valence-corrected chi connectivity index (χ0v) is 11.0. The number of hydrogen-bond acceptors (Lipinski definition) is 5. The highest BCUT2D eigenvalue weighted by molar-refractivity contribution is 7.89. The molecule has 0 fully saturated rings. The number of hydrogen-bond donors (Lipinski definition) is 2. The van der Waals surface area contributed by atoms with Crippen LogP contribution in [0.15, 0.2) is 4.90 Å². The van der Waals surface area contributed by atoms with Gasteiger partial charge >= 0.3 is 0 Å². The quantitative estimate of drug-likeness (QED) is 0.731. The molecule has 0 saturated heterocycles. The number of aromatic nitrogens is 2. The van der Waals surface area contributed by atoms with Crippen LogP contribution < -0.4 is 5.73 Å². The van der Waals surface area contributed by atoms with E-state index in [-0.39, 0.29) is 30.4 Å². The summed E-state index contributed by atoms with van der Waals surface area (Å²) in [6.07, 6.45) is 0. The van der Waals surface area contributed by atoms with Crippen LogP contribution in [0, 0.1) is 6.92 Å². The summed E-state index contributed by atoms with van der Waals surface area (Å²) in [6.45, 7) is 3.44. The number of nitrogens with two attached hydrogens (primary N) is 1. The Morgan fingerprint density at radius 2 is 2.12 bits per heavy atom. The van der Waals surface area contributed by atoms with E-state index in [1.165, 1.54) is 8.99 Å². The standard InChI is InChI=1S/C9H18N4O3S/c1-4-13(5-6-14)17(15,16)8-7(2)12(3)11-9(8)10/h14H,4-6H2,1-3H3,(H2,10,11). The summed E-state index contributed by atoms with van der Waals surface area (Å²) >= 11 is 0. The van der Waals surface area contributed by atoms with Gasteiger partial charge in [-0.25, -0.2) is 8.42 Å². The molecule has 0 unspecified atom stereocenters. The van der Waals surface area contributed by atoms with E-state index in [4.69, 9.17) is 10.8 Å². The average molecular weight is 262 g/mol. The van der Waals surface area contributed by atoms with Crippen LogP contribution in [0.5, 0.6) is 0 Å². The van der Waals surface area contributed by atoms with Crippen molar-refractivity contribution in [2.45, 2.75) is 18.7 Å². The topological polar surface area (TPSA) is 101 Å². The molecule has 1 heterocycles. The number of likely N-dealkylation sites (N-methyl/N-ethyl adjacent to an activating group) is 1. The molecule has 7 nitrogen and oxygen atoms in total. The molecule has 0 saturated carbocycles. The molecule has 98 valence electrons. The molecule has 0 aliphatic carbocycles. The molecular formula is C9H18N4O3S. The van der Waals surface area contributed by atoms with Crippen LogP contribution in [0.2, 0.25) is 0 Å². The smallest absolute Gasteiger partial charge is 0.248 e. The van der Waals surface area contributed by atoms with Gasteiger partial charge in [0.1, 0.15) is 4.90 Å². The van der Waals surface area contributed by atoms with Crippen LogP contribution in [0.4, 0.5) is 5.82 Å². The van der Waals surface area contributed by atoms with Crippen molar-refractivity contribution >= 4 is 15.8 Å². The molecule has 17 heavy (non-hydrogen) atoms. The number of aryl methyl sites for hydroxylation is 1. The maximum absolute atomic E-state index is 12.3. The molecular weight excluding hydrogens is 244 g/mol. The predicted octanol–water partition coefficient (Wildman–Crippen LogP) is -0.686. The third-order valence-electron chi connectivity index (χ3n) is 2.60. The monoisotopic (exact) mass is 262 g/mol. The maximum atomic E-state index is 12.3. The zero-order valence-electron chi connectivity index (χ0n) is 10.2. The first kappa shape index (κ1) is 13.9. The Morgan fingerprint density at radius 3 is 2.47 bits per heavy atom. The lowest BCUT2D eigenvalue weighted by Crippen LogP contribution is -2.34. The van der Waals surface area contributed by atoms with Gasteiger partial charge in [0, 0.05) is 20.1 Å². The van der Waals surface area contributed by atoms with Gasteiger partial charge in [0.05, 0.1) is 12.3 Å². The molecule has 1 rings (SSSR count). The Morgan fingerprint density at radius 1 is 1.53 bits per heavy atom. The van der Waals surface area contributed by atoms with Crippen molar-refractivity contribution in [1.29, 1.82) is 0 Å². The van der Waals surface area contributed by atoms with Gasteiger partial charge in [-0.05, 0) is 6.92 Å². The highest BCUT2D eigenvalue weighted by Gasteiger charge is 2.29. The van der Waals surface area contributed by atoms with Gasteiger partial charge in [-0.3, -0.25) is 4.68 Å². The molecule has 0 bridgehead atoms. The van der Waals surface area contributed by atoms with E-state index in [1.807, 2.05) is 0 Å². The summed E-state index contributed by atoms with van der Waals surface area (Å²) in [5, 5.41) is 12.7. The van der Waals surface area contributed by atoms with Gasteiger partial charge in [0.2, 0.25) is 10.0 Å². The lowest BCUT2D eigenvalue weighted by atomic mass is 10.5. The number of rotatable bonds is 5. The molecule has 1 aromatic rings. The Labute approximate surface area is 101 Å². The number of sulfonamides is 1. The van der Waals surface area contributed by atoms with E-state index < -0.39 is 10.0 Å². The van der Waals surface area contributed by atoms with Crippen LogP contribution in [0.1, 0.15) is 12.6 Å². The lowest BCUT2D eigenvalue weighted by molar-refractivity contribution is 0.257. The van der Waals surface area contributed by atoms with Crippen molar-refractivity contribution in [2.75, 3.05) is 25.4 Å². The van der Waals surface area contributed by atoms with Crippen molar-refractivity contribution in [3.63, 3.8) is 0 Å². The minimum atomic E-state index is -3.69. The van der Waals surface area contributed by atoms with Crippen molar-refractivity contribution in [1.82, 2.24) is 14.1 Å². The van der Waals surface area contributed by atoms with Gasteiger partial charge in [0.25, 0.3) is 0 Å². The van der Waals surface area contributed by atoms with Crippen molar-refractivity contribution in [2.24, 2.45) is 7.05 Å². The molecule has 0 atom stereocenters. The lowest BCUT2D eigenvalue weighted by Gasteiger charge is -2.19. The number of nitrogens with zero attached hydrogens (tertiary/aromatic N) is 3. The molecule has 1 aromatic heterocycles. The largest absolute Gasteiger partial charge is 0.395 e. The fourth-order valence-electron chi connectivity index (χ4n) is 1.62. The maximum Gasteiger partial charge on any atom is 0.248 e. The Hall–Kier alpha value is -1.12. The molecule has 3 N–H and O–H groups in total. The first-order valence-corrected chi connectivity index (χ1v) is 6.70. The second-order valence-electron chi connectivity index (χ2n) is 3.64. The third-order valence-corrected chi connectivity index (χ3v) is 4.75. The summed E-state index contributed by atoms with van der Waals surface area (Å²) in [7, 11) is -2.06. The summed E-state index contributed by atoms with van der Waals surface area (Å²) < 4.78 is 27.2. The second kappa shape index (κ2) is 5.03. The Kier molecular flexibility index (Phi) is 4.12. The van der Waals surface area contributed by atoms with E-state index >= 15 is 0 Å². The third kappa shape index (κ3) is 2.43. The van der Waals surface area contributed by atoms with Crippen LogP contribution >= 0.6 is 0 Å². The predicted molar refractivity (Wildman–Crippen MR) is 63.9 cm³/mol. The van der Waals surface area contributed by atoms with E-state index in [0.717, 1.165) is 0 Å². The second-order valence-corrected chi connectivity index (χ2v) is 5.52. The summed E-state index contributed by atoms with van der Waals surface area (Å²) in [5.41, 5.74) is 6.10. The molecule has 0 aliphatic rings. The molecule has 0 radical (unpaired) electrons. The number of aliphatic hydroxyl groups excluding tert-OH is 1. The minimum absolute atomic E-state index is 0.0126. The summed E-state index contributed by atoms with van der Waals surface area (Å²) in [5.74, 6) is -0.0126. The van der Waals surface area contributed by atoms with E-state index in [0.29, 0.717) is 5.69 Å². The van der Waals surface area contributed by atoms with Gasteiger partial charge in [-0.2, -0.15) is 9.40 Å². The molecule has 0 aromatic carbocycles. The van der Waals surface area contributed by atoms with Crippen molar-refractivity contribution in [3.05, 3.63) is 5.69 Å². The van der Waals surface area contributed by atoms with Gasteiger partial charge in [-0.15, -0.1) is 0 Å². The fourth-order valence-corrected chi connectivity index (χ4v) is 3.35. The minimum Gasteiger partial charge on any atom is -0.395 e. The number of aliphatic hydroxyl groups is 1. The SMILES string of the molecule is CCN(CCO)S(=O)(=O)c1c(N)nn(C)c1C. The first-order chi connectivity index (χ1) is 7.86.